The van der Waals surface area contributed by atoms with Crippen LogP contribution in [0.5, 0.6) is 0 Å². The molecule has 0 radical (unpaired) electrons. The molecular formula is C49H74FN5O14. The molecule has 2 aromatic rings. The summed E-state index contributed by atoms with van der Waals surface area (Å²) in [6.45, 7) is 13.6. The summed E-state index contributed by atoms with van der Waals surface area (Å²) in [6, 6.07) is 2.12. The second kappa shape index (κ2) is 21.7. The third-order valence-electron chi connectivity index (χ3n) is 14.8. The first-order valence-electron chi connectivity index (χ1n) is 24.3. The standard InChI is InChI=1S/C49H74FN5O14/c1-11-36-49(8,65)42(60)29(6)44(61)51-25(2)21-48(7,43(27(4)39(57)28(5)46(64)68-36)69-47-41(59)35(52(9)10)20-26(3)67-47)66-24-31(56)22-53-16-18-54(19-17-53)34-15-14-33-37(38(34)50)40(58)32(45(62)63)23-55(33)30-12-13-30/h14-15,23,25-31,35-36,41-43,47,56,59-60,65H,11-13,16-22,24H2,1-10H3,(H,51,61)(H,62,63)/t25-,26-,27+,28-,29-,31-,35+,36-,41-,42+,43-,47+,48-,49+/m1/s1. The Morgan fingerprint density at radius 3 is 2.26 bits per heavy atom. The highest BCUT2D eigenvalue weighted by atomic mass is 19.1. The van der Waals surface area contributed by atoms with Gasteiger partial charge in [-0.25, -0.2) is 9.18 Å². The molecule has 386 valence electrons. The Morgan fingerprint density at radius 2 is 1.67 bits per heavy atom. The molecule has 3 aliphatic heterocycles. The topological polar surface area (TPSA) is 250 Å². The van der Waals surface area contributed by atoms with Crippen LogP contribution in [0.15, 0.2) is 23.1 Å². The average molecular weight is 976 g/mol. The number of nitrogens with one attached hydrogen (secondary N) is 1. The number of cyclic esters (lactones) is 1. The molecular weight excluding hydrogens is 902 g/mol. The van der Waals surface area contributed by atoms with E-state index in [1.807, 2.05) is 30.8 Å². The lowest BCUT2D eigenvalue weighted by molar-refractivity contribution is -0.298. The van der Waals surface area contributed by atoms with Gasteiger partial charge in [-0.05, 0) is 93.0 Å². The van der Waals surface area contributed by atoms with Gasteiger partial charge in [0.05, 0.1) is 59.1 Å². The third-order valence-corrected chi connectivity index (χ3v) is 14.8. The fourth-order valence-electron chi connectivity index (χ4n) is 10.5. The van der Waals surface area contributed by atoms with Gasteiger partial charge in [0.1, 0.15) is 29.3 Å². The van der Waals surface area contributed by atoms with Crippen LogP contribution >= 0.6 is 0 Å². The predicted molar refractivity (Wildman–Crippen MR) is 251 cm³/mol. The summed E-state index contributed by atoms with van der Waals surface area (Å²) in [4.78, 5) is 72.9. The van der Waals surface area contributed by atoms with Crippen molar-refractivity contribution in [3.05, 3.63) is 39.9 Å². The van der Waals surface area contributed by atoms with Crippen LogP contribution in [-0.4, -0.2) is 183 Å². The van der Waals surface area contributed by atoms with E-state index in [0.717, 1.165) is 12.8 Å². The van der Waals surface area contributed by atoms with Crippen LogP contribution < -0.4 is 15.6 Å². The molecule has 3 saturated heterocycles. The predicted octanol–water partition coefficient (Wildman–Crippen LogP) is 2.06. The summed E-state index contributed by atoms with van der Waals surface area (Å²) >= 11 is 0. The van der Waals surface area contributed by atoms with Crippen LogP contribution in [-0.2, 0) is 33.3 Å². The van der Waals surface area contributed by atoms with E-state index >= 15 is 4.39 Å². The third kappa shape index (κ3) is 11.7. The van der Waals surface area contributed by atoms with E-state index in [2.05, 4.69) is 5.32 Å². The van der Waals surface area contributed by atoms with Gasteiger partial charge in [0.15, 0.2) is 17.9 Å². The Balaban J connectivity index is 1.25. The Hall–Kier alpha value is -4.12. The Kier molecular flexibility index (Phi) is 17.1. The second-order valence-electron chi connectivity index (χ2n) is 20.6. The number of ether oxygens (including phenoxy) is 4. The van der Waals surface area contributed by atoms with Crippen molar-refractivity contribution in [3.63, 3.8) is 0 Å². The number of carbonyl (C=O) groups excluding carboxylic acids is 3. The molecule has 4 fully saturated rings. The number of esters is 1. The average Bonchev–Trinajstić information content (AvgIpc) is 4.14. The van der Waals surface area contributed by atoms with Crippen molar-refractivity contribution in [1.82, 2.24) is 19.7 Å². The minimum atomic E-state index is -2.08. The van der Waals surface area contributed by atoms with Crippen molar-refractivity contribution in [2.24, 2.45) is 17.8 Å². The van der Waals surface area contributed by atoms with E-state index < -0.39 is 118 Å². The molecule has 4 heterocycles. The van der Waals surface area contributed by atoms with Crippen molar-refractivity contribution < 1.29 is 68.0 Å². The molecule has 1 aromatic carbocycles. The summed E-state index contributed by atoms with van der Waals surface area (Å²) in [7, 11) is 3.63. The number of halogens is 1. The second-order valence-corrected chi connectivity index (χ2v) is 20.6. The molecule has 6 N–H and O–H groups in total. The number of ketones is 1. The summed E-state index contributed by atoms with van der Waals surface area (Å²) in [6.07, 6.45) is -4.86. The minimum absolute atomic E-state index is 0.00383. The number of pyridine rings is 1. The summed E-state index contributed by atoms with van der Waals surface area (Å²) < 4.78 is 43.3. The first-order valence-corrected chi connectivity index (χ1v) is 24.3. The Bertz CT molecular complexity index is 2250. The van der Waals surface area contributed by atoms with Crippen LogP contribution in [0.4, 0.5) is 10.1 Å². The van der Waals surface area contributed by atoms with Gasteiger partial charge in [-0.15, -0.1) is 0 Å². The minimum Gasteiger partial charge on any atom is -0.477 e. The fourth-order valence-corrected chi connectivity index (χ4v) is 10.5. The molecule has 1 amide bonds. The zero-order chi connectivity index (χ0) is 51.0. The molecule has 19 nitrogen and oxygen atoms in total. The maximum atomic E-state index is 16.3. The largest absolute Gasteiger partial charge is 0.477 e. The van der Waals surface area contributed by atoms with Crippen molar-refractivity contribution in [2.45, 2.75) is 160 Å². The van der Waals surface area contributed by atoms with Gasteiger partial charge in [0.25, 0.3) is 0 Å². The number of carboxylic acid groups (broad SMARTS) is 1. The van der Waals surface area contributed by atoms with E-state index in [1.165, 1.54) is 27.0 Å². The number of aliphatic hydroxyl groups is 4. The lowest BCUT2D eigenvalue weighted by Gasteiger charge is -2.47. The number of piperazine rings is 1. The number of amides is 1. The van der Waals surface area contributed by atoms with E-state index in [4.69, 9.17) is 18.9 Å². The monoisotopic (exact) mass is 976 g/mol. The summed E-state index contributed by atoms with van der Waals surface area (Å²) in [5, 5.41) is 58.5. The highest BCUT2D eigenvalue weighted by Gasteiger charge is 2.51. The van der Waals surface area contributed by atoms with E-state index in [0.29, 0.717) is 38.1 Å². The van der Waals surface area contributed by atoms with Crippen molar-refractivity contribution in [3.8, 4) is 0 Å². The van der Waals surface area contributed by atoms with Gasteiger partial charge in [-0.1, -0.05) is 20.8 Å². The number of hydrogen-bond acceptors (Lipinski definition) is 16. The Morgan fingerprint density at radius 1 is 1.01 bits per heavy atom. The zero-order valence-electron chi connectivity index (χ0n) is 41.6. The molecule has 69 heavy (non-hydrogen) atoms. The number of carbonyl (C=O) groups is 4. The van der Waals surface area contributed by atoms with Gasteiger partial charge < -0.3 is 64.2 Å². The molecule has 14 atom stereocenters. The van der Waals surface area contributed by atoms with Gasteiger partial charge in [0, 0.05) is 63.0 Å². The molecule has 4 aliphatic rings. The fraction of sp³-hybridized carbons (Fsp3) is 0.735. The van der Waals surface area contributed by atoms with Crippen LogP contribution in [0.2, 0.25) is 0 Å². The highest BCUT2D eigenvalue weighted by Crippen LogP contribution is 2.39. The lowest BCUT2D eigenvalue weighted by Crippen LogP contribution is -2.60. The number of Topliss-reactive ketones (excluding diaryl/α,β-unsaturated/α-hetero) is 1. The SMILES string of the molecule is CC[C@H]1OC(=O)[C@H](C)C(=O)[C@H](C)[C@@H](O[C@@H]2O[C@H](C)C[C@H](N(C)C)[C@H]2O)[C@](C)(OC[C@H](O)CN2CCN(c3ccc4c(c3F)c(=O)c(C(=O)O)cn4C3CC3)CC2)C[C@@H](C)NC(=O)[C@H](C)[C@H](O)[C@@]1(C)O. The van der Waals surface area contributed by atoms with Crippen LogP contribution in [0.25, 0.3) is 10.9 Å². The van der Waals surface area contributed by atoms with Crippen LogP contribution in [0.3, 0.4) is 0 Å². The van der Waals surface area contributed by atoms with Crippen LogP contribution in [0, 0.1) is 23.6 Å². The maximum absolute atomic E-state index is 16.3. The molecule has 0 bridgehead atoms. The maximum Gasteiger partial charge on any atom is 0.341 e. The number of nitrogens with zero attached hydrogens (tertiary/aromatic N) is 4. The molecule has 0 unspecified atom stereocenters. The van der Waals surface area contributed by atoms with E-state index in [9.17, 15) is 49.5 Å². The number of anilines is 1. The highest BCUT2D eigenvalue weighted by molar-refractivity contribution is 6.00. The molecule has 20 heteroatoms. The number of benzene rings is 1. The number of fused-ring (bicyclic) bond motifs is 1. The number of β-amino-alcohol motifs (C(OH)–C–C–N with tert-alkyl or cyclic N) is 1. The smallest absolute Gasteiger partial charge is 0.341 e. The molecule has 1 aliphatic carbocycles. The van der Waals surface area contributed by atoms with Gasteiger partial charge >= 0.3 is 11.9 Å². The van der Waals surface area contributed by atoms with Crippen molar-refractivity contribution in [2.75, 3.05) is 58.3 Å². The number of carboxylic acids is 1. The quantitative estimate of drug-likeness (QED) is 0.132. The number of likely N-dealkylation sites (N-methyl/N-ethyl adjacent to an activating group) is 1. The first-order chi connectivity index (χ1) is 32.3. The Labute approximate surface area is 402 Å². The van der Waals surface area contributed by atoms with Crippen molar-refractivity contribution in [1.29, 1.82) is 0 Å². The molecule has 0 spiro atoms. The lowest BCUT2D eigenvalue weighted by atomic mass is 9.79. The summed E-state index contributed by atoms with van der Waals surface area (Å²) in [5.74, 6) is -8.17. The zero-order valence-corrected chi connectivity index (χ0v) is 41.6. The molecule has 6 rings (SSSR count). The van der Waals surface area contributed by atoms with E-state index in [1.54, 1.807) is 49.3 Å². The number of aromatic carboxylic acids is 1. The number of hydrogen-bond donors (Lipinski definition) is 6. The van der Waals surface area contributed by atoms with Crippen molar-refractivity contribution >= 4 is 40.2 Å². The summed E-state index contributed by atoms with van der Waals surface area (Å²) in [5.41, 5.74) is -4.50. The number of aliphatic hydroxyl groups excluding tert-OH is 3. The van der Waals surface area contributed by atoms with Gasteiger partial charge in [-0.3, -0.25) is 24.1 Å². The van der Waals surface area contributed by atoms with Gasteiger partial charge in [0.2, 0.25) is 11.3 Å². The molecule has 1 saturated carbocycles. The van der Waals surface area contributed by atoms with E-state index in [-0.39, 0.29) is 49.2 Å². The molecule has 1 aromatic heterocycles. The number of rotatable bonds is 12. The normalized spacial score (nSPS) is 35.3. The van der Waals surface area contributed by atoms with Crippen LogP contribution in [0.1, 0.15) is 104 Å². The van der Waals surface area contributed by atoms with Gasteiger partial charge in [-0.2, -0.15) is 0 Å². The number of aromatic nitrogens is 1. The first kappa shape index (κ1) is 54.2.